The predicted octanol–water partition coefficient (Wildman–Crippen LogP) is 4.37. The number of aromatic nitrogens is 1. The van der Waals surface area contributed by atoms with Crippen LogP contribution in [0.25, 0.3) is 6.08 Å². The van der Waals surface area contributed by atoms with Gasteiger partial charge in [-0.25, -0.2) is 0 Å². The number of rotatable bonds is 7. The molecule has 0 aliphatic rings. The van der Waals surface area contributed by atoms with Crippen LogP contribution in [0.5, 0.6) is 0 Å². The molecular weight excluding hydrogens is 338 g/mol. The van der Waals surface area contributed by atoms with E-state index in [1.54, 1.807) is 0 Å². The number of aryl methyl sites for hydroxylation is 1. The van der Waals surface area contributed by atoms with Crippen molar-refractivity contribution < 1.29 is 14.7 Å². The maximum absolute atomic E-state index is 12.7. The van der Waals surface area contributed by atoms with Gasteiger partial charge in [-0.2, -0.15) is 0 Å². The molecule has 0 fully saturated rings. The van der Waals surface area contributed by atoms with E-state index in [4.69, 9.17) is 5.11 Å². The SMILES string of the molecule is Cc1ccc(C(=O)c2cccn2C/C=C/c2ccc(CC(=O)O)cc2)cc1. The molecule has 1 heterocycles. The Kier molecular flexibility index (Phi) is 5.67. The van der Waals surface area contributed by atoms with Crippen molar-refractivity contribution in [2.24, 2.45) is 0 Å². The van der Waals surface area contributed by atoms with Crippen LogP contribution in [-0.4, -0.2) is 21.4 Å². The minimum Gasteiger partial charge on any atom is -0.481 e. The third-order valence-corrected chi connectivity index (χ3v) is 4.32. The second-order valence-corrected chi connectivity index (χ2v) is 6.46. The van der Waals surface area contributed by atoms with E-state index in [0.29, 0.717) is 17.8 Å². The number of allylic oxidation sites excluding steroid dienone is 1. The molecule has 2 aromatic carbocycles. The van der Waals surface area contributed by atoms with Gasteiger partial charge in [0.2, 0.25) is 5.78 Å². The summed E-state index contributed by atoms with van der Waals surface area (Å²) in [6.45, 7) is 2.58. The Morgan fingerprint density at radius 1 is 1.00 bits per heavy atom. The summed E-state index contributed by atoms with van der Waals surface area (Å²) in [5.41, 5.74) is 4.22. The van der Waals surface area contributed by atoms with Crippen molar-refractivity contribution in [2.75, 3.05) is 0 Å². The summed E-state index contributed by atoms with van der Waals surface area (Å²) in [7, 11) is 0. The lowest BCUT2D eigenvalue weighted by molar-refractivity contribution is -0.136. The Labute approximate surface area is 158 Å². The molecule has 3 rings (SSSR count). The molecule has 0 saturated carbocycles. The minimum absolute atomic E-state index is 0.00595. The van der Waals surface area contributed by atoms with Gasteiger partial charge in [0.1, 0.15) is 0 Å². The number of carbonyl (C=O) groups is 2. The van der Waals surface area contributed by atoms with Crippen molar-refractivity contribution in [3.63, 3.8) is 0 Å². The molecule has 0 aliphatic carbocycles. The topological polar surface area (TPSA) is 59.3 Å². The lowest BCUT2D eigenvalue weighted by atomic mass is 10.1. The molecule has 0 amide bonds. The third kappa shape index (κ3) is 4.82. The zero-order valence-electron chi connectivity index (χ0n) is 15.1. The Morgan fingerprint density at radius 2 is 1.70 bits per heavy atom. The van der Waals surface area contributed by atoms with Gasteiger partial charge in [0.15, 0.2) is 0 Å². The van der Waals surface area contributed by atoms with Crippen LogP contribution >= 0.6 is 0 Å². The number of aliphatic carboxylic acids is 1. The van der Waals surface area contributed by atoms with Crippen molar-refractivity contribution in [1.82, 2.24) is 4.57 Å². The van der Waals surface area contributed by atoms with Gasteiger partial charge >= 0.3 is 5.97 Å². The van der Waals surface area contributed by atoms with Crippen molar-refractivity contribution in [3.8, 4) is 0 Å². The molecule has 0 aliphatic heterocycles. The fourth-order valence-electron chi connectivity index (χ4n) is 2.86. The summed E-state index contributed by atoms with van der Waals surface area (Å²) in [6.07, 6.45) is 5.86. The molecule has 1 N–H and O–H groups in total. The van der Waals surface area contributed by atoms with Crippen LogP contribution in [0.1, 0.15) is 32.7 Å². The Bertz CT molecular complexity index is 964. The Morgan fingerprint density at radius 3 is 2.37 bits per heavy atom. The van der Waals surface area contributed by atoms with Crippen LogP contribution < -0.4 is 0 Å². The fraction of sp³-hybridized carbons (Fsp3) is 0.130. The smallest absolute Gasteiger partial charge is 0.307 e. The van der Waals surface area contributed by atoms with Gasteiger partial charge in [0.25, 0.3) is 0 Å². The average molecular weight is 359 g/mol. The maximum atomic E-state index is 12.7. The summed E-state index contributed by atoms with van der Waals surface area (Å²) >= 11 is 0. The standard InChI is InChI=1S/C23H21NO3/c1-17-6-12-20(13-7-17)23(27)21-5-3-15-24(21)14-2-4-18-8-10-19(11-9-18)16-22(25)26/h2-13,15H,14,16H2,1H3,(H,25,26)/b4-2+. The molecule has 0 unspecified atom stereocenters. The van der Waals surface area contributed by atoms with Gasteiger partial charge in [-0.3, -0.25) is 9.59 Å². The Hall–Kier alpha value is -3.40. The molecule has 136 valence electrons. The number of ketones is 1. The van der Waals surface area contributed by atoms with Gasteiger partial charge in [0, 0.05) is 18.3 Å². The van der Waals surface area contributed by atoms with Gasteiger partial charge < -0.3 is 9.67 Å². The molecule has 4 nitrogen and oxygen atoms in total. The van der Waals surface area contributed by atoms with Crippen LogP contribution in [0.4, 0.5) is 0 Å². The summed E-state index contributed by atoms with van der Waals surface area (Å²) in [5.74, 6) is -0.830. The van der Waals surface area contributed by atoms with Crippen molar-refractivity contribution >= 4 is 17.8 Å². The summed E-state index contributed by atoms with van der Waals surface area (Å²) in [6, 6.07) is 18.7. The first-order valence-corrected chi connectivity index (χ1v) is 8.77. The highest BCUT2D eigenvalue weighted by atomic mass is 16.4. The first kappa shape index (κ1) is 18.4. The molecule has 0 bridgehead atoms. The van der Waals surface area contributed by atoms with Crippen LogP contribution in [0.2, 0.25) is 0 Å². The van der Waals surface area contributed by atoms with Crippen molar-refractivity contribution in [2.45, 2.75) is 19.9 Å². The van der Waals surface area contributed by atoms with Crippen molar-refractivity contribution in [1.29, 1.82) is 0 Å². The van der Waals surface area contributed by atoms with Crippen LogP contribution in [0, 0.1) is 6.92 Å². The number of carboxylic acids is 1. The zero-order valence-corrected chi connectivity index (χ0v) is 15.1. The molecule has 27 heavy (non-hydrogen) atoms. The van der Waals surface area contributed by atoms with E-state index in [1.165, 1.54) is 0 Å². The highest BCUT2D eigenvalue weighted by Gasteiger charge is 2.12. The van der Waals surface area contributed by atoms with Crippen LogP contribution in [0.3, 0.4) is 0 Å². The van der Waals surface area contributed by atoms with Gasteiger partial charge in [0.05, 0.1) is 12.1 Å². The van der Waals surface area contributed by atoms with E-state index in [1.807, 2.05) is 90.5 Å². The molecule has 0 atom stereocenters. The zero-order chi connectivity index (χ0) is 19.2. The first-order chi connectivity index (χ1) is 13.0. The van der Waals surface area contributed by atoms with E-state index in [9.17, 15) is 9.59 Å². The van der Waals surface area contributed by atoms with E-state index in [0.717, 1.165) is 16.7 Å². The second-order valence-electron chi connectivity index (χ2n) is 6.46. The predicted molar refractivity (Wildman–Crippen MR) is 106 cm³/mol. The third-order valence-electron chi connectivity index (χ3n) is 4.32. The first-order valence-electron chi connectivity index (χ1n) is 8.77. The Balaban J connectivity index is 1.68. The number of hydrogen-bond donors (Lipinski definition) is 1. The highest BCUT2D eigenvalue weighted by molar-refractivity contribution is 6.08. The maximum Gasteiger partial charge on any atom is 0.307 e. The molecule has 4 heteroatoms. The van der Waals surface area contributed by atoms with Crippen LogP contribution in [-0.2, 0) is 17.8 Å². The highest BCUT2D eigenvalue weighted by Crippen LogP contribution is 2.13. The number of nitrogens with zero attached hydrogens (tertiary/aromatic N) is 1. The van der Waals surface area contributed by atoms with E-state index >= 15 is 0 Å². The molecular formula is C23H21NO3. The molecule has 3 aromatic rings. The average Bonchev–Trinajstić information content (AvgIpc) is 3.11. The molecule has 0 spiro atoms. The van der Waals surface area contributed by atoms with Gasteiger partial charge in [-0.1, -0.05) is 66.2 Å². The van der Waals surface area contributed by atoms with Gasteiger partial charge in [-0.15, -0.1) is 0 Å². The molecule has 0 saturated heterocycles. The summed E-state index contributed by atoms with van der Waals surface area (Å²) in [5, 5.41) is 8.81. The lowest BCUT2D eigenvalue weighted by Crippen LogP contribution is -2.09. The normalized spacial score (nSPS) is 11.0. The largest absolute Gasteiger partial charge is 0.481 e. The molecule has 0 radical (unpaired) electrons. The monoisotopic (exact) mass is 359 g/mol. The summed E-state index contributed by atoms with van der Waals surface area (Å²) in [4.78, 5) is 23.4. The summed E-state index contributed by atoms with van der Waals surface area (Å²) < 4.78 is 1.91. The minimum atomic E-state index is -0.836. The number of hydrogen-bond acceptors (Lipinski definition) is 2. The lowest BCUT2D eigenvalue weighted by Gasteiger charge is -2.06. The fourth-order valence-corrected chi connectivity index (χ4v) is 2.86. The number of carboxylic acid groups (broad SMARTS) is 1. The molecule has 1 aromatic heterocycles. The quantitative estimate of drug-likeness (QED) is 0.637. The van der Waals surface area contributed by atoms with Crippen molar-refractivity contribution in [3.05, 3.63) is 101 Å². The van der Waals surface area contributed by atoms with Crippen LogP contribution in [0.15, 0.2) is 72.9 Å². The van der Waals surface area contributed by atoms with Gasteiger partial charge in [-0.05, 0) is 30.2 Å². The van der Waals surface area contributed by atoms with E-state index in [2.05, 4.69) is 0 Å². The van der Waals surface area contributed by atoms with E-state index < -0.39 is 5.97 Å². The second kappa shape index (κ2) is 8.32. The number of benzene rings is 2. The van der Waals surface area contributed by atoms with E-state index in [-0.39, 0.29) is 12.2 Å². The number of carbonyl (C=O) groups excluding carboxylic acids is 1.